The molecule has 0 radical (unpaired) electrons. The molecule has 2 bridgehead atoms. The van der Waals surface area contributed by atoms with Crippen molar-refractivity contribution in [3.8, 4) is 0 Å². The zero-order valence-electron chi connectivity index (χ0n) is 11.3. The molecule has 0 spiro atoms. The Morgan fingerprint density at radius 2 is 2.00 bits per heavy atom. The van der Waals surface area contributed by atoms with Gasteiger partial charge in [-0.1, -0.05) is 26.8 Å². The molecule has 5 heteroatoms. The fourth-order valence-corrected chi connectivity index (χ4v) is 3.35. The van der Waals surface area contributed by atoms with Gasteiger partial charge in [0.15, 0.2) is 0 Å². The van der Waals surface area contributed by atoms with E-state index in [2.05, 4.69) is 27.4 Å². The molecule has 1 N–H and O–H groups in total. The molecule has 0 aromatic rings. The predicted octanol–water partition coefficient (Wildman–Crippen LogP) is 2.46. The van der Waals surface area contributed by atoms with E-state index in [1.165, 1.54) is 6.42 Å². The summed E-state index contributed by atoms with van der Waals surface area (Å²) in [7, 11) is -3.79. The molecule has 2 saturated carbocycles. The Kier molecular flexibility index (Phi) is 4.08. The lowest BCUT2D eigenvalue weighted by Crippen LogP contribution is -2.32. The van der Waals surface area contributed by atoms with Gasteiger partial charge in [-0.2, -0.15) is 8.42 Å². The average Bonchev–Trinajstić information content (AvgIpc) is 2.49. The first-order valence-corrected chi connectivity index (χ1v) is 7.75. The average molecular weight is 274 g/mol. The Morgan fingerprint density at radius 1 is 1.44 bits per heavy atom. The van der Waals surface area contributed by atoms with E-state index in [0.29, 0.717) is 11.7 Å². The van der Waals surface area contributed by atoms with E-state index in [0.717, 1.165) is 18.9 Å². The summed E-state index contributed by atoms with van der Waals surface area (Å²) in [4.78, 5) is 11.6. The van der Waals surface area contributed by atoms with Gasteiger partial charge in [-0.25, -0.2) is 0 Å². The fourth-order valence-electron chi connectivity index (χ4n) is 3.05. The largest absolute Gasteiger partial charge is 0.299 e. The van der Waals surface area contributed by atoms with Crippen molar-refractivity contribution in [1.82, 2.24) is 0 Å². The van der Waals surface area contributed by atoms with Crippen molar-refractivity contribution in [3.05, 3.63) is 12.7 Å². The Hall–Kier alpha value is -0.680. The molecule has 4 nitrogen and oxygen atoms in total. The number of hydrogen-bond acceptors (Lipinski definition) is 3. The summed E-state index contributed by atoms with van der Waals surface area (Å²) in [6.45, 7) is 9.78. The van der Waals surface area contributed by atoms with Gasteiger partial charge in [-0.15, -0.1) is 6.58 Å². The quantitative estimate of drug-likeness (QED) is 0.620. The third-order valence-electron chi connectivity index (χ3n) is 4.81. The zero-order chi connectivity index (χ0) is 14.2. The van der Waals surface area contributed by atoms with Crippen LogP contribution < -0.4 is 0 Å². The topological polar surface area (TPSA) is 71.4 Å². The lowest BCUT2D eigenvalue weighted by molar-refractivity contribution is -0.128. The van der Waals surface area contributed by atoms with Crippen LogP contribution in [0.5, 0.6) is 0 Å². The monoisotopic (exact) mass is 274 g/mol. The second kappa shape index (κ2) is 4.78. The molecule has 0 amide bonds. The maximum atomic E-state index is 11.6. The Morgan fingerprint density at radius 3 is 2.11 bits per heavy atom. The van der Waals surface area contributed by atoms with E-state index in [1.54, 1.807) is 0 Å². The number of Topliss-reactive ketones (excluding diaryl/α,β-unsaturated/α-hetero) is 1. The summed E-state index contributed by atoms with van der Waals surface area (Å²) in [6.07, 6.45) is 4.37. The summed E-state index contributed by atoms with van der Waals surface area (Å²) >= 11 is 0. The normalized spacial score (nSPS) is 32.9. The standard InChI is InChI=1S/C10H16O.C3H6O3S/c1-9(2)7-4-5-10(9,3)8(11)6-7;1-2-3-7(4,5)6/h7H,4-6H2,1-3H3;2H,1,3H2,(H,4,5,6). The van der Waals surface area contributed by atoms with Crippen molar-refractivity contribution in [2.45, 2.75) is 40.0 Å². The third kappa shape index (κ3) is 2.67. The molecular weight excluding hydrogens is 252 g/mol. The maximum absolute atomic E-state index is 11.6. The first-order chi connectivity index (χ1) is 8.04. The Bertz CT molecular complexity index is 450. The third-order valence-corrected chi connectivity index (χ3v) is 5.47. The number of carbonyl (C=O) groups is 1. The smallest absolute Gasteiger partial charge is 0.268 e. The van der Waals surface area contributed by atoms with Crippen molar-refractivity contribution in [2.24, 2.45) is 16.7 Å². The Labute approximate surface area is 109 Å². The van der Waals surface area contributed by atoms with Gasteiger partial charge in [0, 0.05) is 11.8 Å². The van der Waals surface area contributed by atoms with E-state index < -0.39 is 10.1 Å². The summed E-state index contributed by atoms with van der Waals surface area (Å²) in [5.41, 5.74) is 0.307. The van der Waals surface area contributed by atoms with E-state index in [-0.39, 0.29) is 16.6 Å². The lowest BCUT2D eigenvalue weighted by atomic mass is 9.70. The van der Waals surface area contributed by atoms with Crippen LogP contribution in [0.3, 0.4) is 0 Å². The van der Waals surface area contributed by atoms with Crippen LogP contribution in [-0.4, -0.2) is 24.5 Å². The first kappa shape index (κ1) is 15.4. The van der Waals surface area contributed by atoms with E-state index in [4.69, 9.17) is 4.55 Å². The van der Waals surface area contributed by atoms with Crippen LogP contribution in [0, 0.1) is 16.7 Å². The molecule has 2 atom stereocenters. The highest BCUT2D eigenvalue weighted by atomic mass is 32.2. The minimum atomic E-state index is -3.79. The highest BCUT2D eigenvalue weighted by Gasteiger charge is 2.61. The van der Waals surface area contributed by atoms with Crippen LogP contribution >= 0.6 is 0 Å². The second-order valence-electron chi connectivity index (χ2n) is 5.95. The molecular formula is C13H22O4S. The first-order valence-electron chi connectivity index (χ1n) is 6.14. The minimum absolute atomic E-state index is 0.0255. The lowest BCUT2D eigenvalue weighted by Gasteiger charge is -2.32. The molecule has 18 heavy (non-hydrogen) atoms. The van der Waals surface area contributed by atoms with Crippen molar-refractivity contribution in [1.29, 1.82) is 0 Å². The second-order valence-corrected chi connectivity index (χ2v) is 7.45. The summed E-state index contributed by atoms with van der Waals surface area (Å²) in [5.74, 6) is 0.825. The minimum Gasteiger partial charge on any atom is -0.299 e. The SMILES string of the molecule is C=CCS(=O)(=O)O.CC12CCC(CC1=O)C2(C)C. The molecule has 2 aliphatic carbocycles. The highest BCUT2D eigenvalue weighted by Crippen LogP contribution is 2.63. The Balaban J connectivity index is 0.000000203. The molecule has 0 aliphatic heterocycles. The van der Waals surface area contributed by atoms with Crippen molar-refractivity contribution in [3.63, 3.8) is 0 Å². The van der Waals surface area contributed by atoms with Crippen LogP contribution in [0.25, 0.3) is 0 Å². The number of rotatable bonds is 2. The number of fused-ring (bicyclic) bond motifs is 2. The molecule has 0 saturated heterocycles. The van der Waals surface area contributed by atoms with Crippen LogP contribution in [0.4, 0.5) is 0 Å². The zero-order valence-corrected chi connectivity index (χ0v) is 12.1. The van der Waals surface area contributed by atoms with Gasteiger partial charge in [-0.05, 0) is 24.2 Å². The van der Waals surface area contributed by atoms with Gasteiger partial charge in [0.1, 0.15) is 5.78 Å². The molecule has 0 heterocycles. The van der Waals surface area contributed by atoms with E-state index in [9.17, 15) is 13.2 Å². The molecule has 2 unspecified atom stereocenters. The van der Waals surface area contributed by atoms with Gasteiger partial charge < -0.3 is 0 Å². The van der Waals surface area contributed by atoms with Crippen molar-refractivity contribution < 1.29 is 17.8 Å². The highest BCUT2D eigenvalue weighted by molar-refractivity contribution is 7.85. The molecule has 2 fully saturated rings. The predicted molar refractivity (Wildman–Crippen MR) is 70.8 cm³/mol. The maximum Gasteiger partial charge on any atom is 0.268 e. The van der Waals surface area contributed by atoms with Gasteiger partial charge in [0.25, 0.3) is 10.1 Å². The molecule has 104 valence electrons. The van der Waals surface area contributed by atoms with E-state index in [1.807, 2.05) is 0 Å². The number of hydrogen-bond donors (Lipinski definition) is 1. The van der Waals surface area contributed by atoms with E-state index >= 15 is 0 Å². The van der Waals surface area contributed by atoms with Crippen LogP contribution in [0.2, 0.25) is 0 Å². The van der Waals surface area contributed by atoms with Gasteiger partial charge >= 0.3 is 0 Å². The summed E-state index contributed by atoms with van der Waals surface area (Å²) < 4.78 is 27.3. The number of carbonyl (C=O) groups excluding carboxylic acids is 1. The molecule has 0 aromatic heterocycles. The summed E-state index contributed by atoms with van der Waals surface area (Å²) in [6, 6.07) is 0. The van der Waals surface area contributed by atoms with Gasteiger partial charge in [0.05, 0.1) is 5.75 Å². The van der Waals surface area contributed by atoms with Crippen LogP contribution in [0.15, 0.2) is 12.7 Å². The molecule has 2 rings (SSSR count). The van der Waals surface area contributed by atoms with Crippen molar-refractivity contribution >= 4 is 15.9 Å². The number of ketones is 1. The fraction of sp³-hybridized carbons (Fsp3) is 0.769. The van der Waals surface area contributed by atoms with Crippen molar-refractivity contribution in [2.75, 3.05) is 5.75 Å². The summed E-state index contributed by atoms with van der Waals surface area (Å²) in [5, 5.41) is 0. The van der Waals surface area contributed by atoms with Gasteiger partial charge in [-0.3, -0.25) is 9.35 Å². The van der Waals surface area contributed by atoms with Crippen LogP contribution in [-0.2, 0) is 14.9 Å². The van der Waals surface area contributed by atoms with Gasteiger partial charge in [0.2, 0.25) is 0 Å². The van der Waals surface area contributed by atoms with Crippen LogP contribution in [0.1, 0.15) is 40.0 Å². The molecule has 2 aliphatic rings. The molecule has 0 aromatic carbocycles.